The Bertz CT molecular complexity index is 254. The summed E-state index contributed by atoms with van der Waals surface area (Å²) in [6.45, 7) is 0. The van der Waals surface area contributed by atoms with Crippen LogP contribution in [-0.4, -0.2) is 9.78 Å². The molecule has 0 aliphatic heterocycles. The summed E-state index contributed by atoms with van der Waals surface area (Å²) < 4.78 is 4.39. The van der Waals surface area contributed by atoms with E-state index in [1.54, 1.807) is 0 Å². The van der Waals surface area contributed by atoms with Gasteiger partial charge in [-0.3, -0.25) is 4.68 Å². The molecule has 0 saturated heterocycles. The summed E-state index contributed by atoms with van der Waals surface area (Å²) in [5.74, 6) is 0. The van der Waals surface area contributed by atoms with Crippen molar-refractivity contribution in [3.05, 3.63) is 14.4 Å². The Kier molecular flexibility index (Phi) is 1.76. The Morgan fingerprint density at radius 1 is 1.70 bits per heavy atom. The number of rotatable bonds is 1. The molecule has 1 fully saturated rings. The zero-order valence-corrected chi connectivity index (χ0v) is 8.96. The Balaban J connectivity index is 2.40. The second-order valence-electron chi connectivity index (χ2n) is 2.46. The molecular formula is C6H6BrIN2. The van der Waals surface area contributed by atoms with Crippen LogP contribution in [0.25, 0.3) is 0 Å². The van der Waals surface area contributed by atoms with Crippen LogP contribution in [0.1, 0.15) is 18.9 Å². The lowest BCUT2D eigenvalue weighted by atomic mass is 10.7. The minimum absolute atomic E-state index is 0.679. The number of hydrogen-bond acceptors (Lipinski definition) is 1. The van der Waals surface area contributed by atoms with E-state index in [-0.39, 0.29) is 0 Å². The van der Waals surface area contributed by atoms with Gasteiger partial charge in [-0.1, -0.05) is 0 Å². The van der Waals surface area contributed by atoms with Crippen molar-refractivity contribution in [2.45, 2.75) is 18.9 Å². The van der Waals surface area contributed by atoms with E-state index in [1.807, 2.05) is 6.20 Å². The van der Waals surface area contributed by atoms with E-state index in [4.69, 9.17) is 0 Å². The average molecular weight is 313 g/mol. The van der Waals surface area contributed by atoms with E-state index >= 15 is 0 Å². The maximum atomic E-state index is 4.24. The van der Waals surface area contributed by atoms with Crippen LogP contribution < -0.4 is 0 Å². The summed E-state index contributed by atoms with van der Waals surface area (Å²) in [5, 5.41) is 4.24. The monoisotopic (exact) mass is 312 g/mol. The van der Waals surface area contributed by atoms with Gasteiger partial charge in [0.15, 0.2) is 0 Å². The summed E-state index contributed by atoms with van der Waals surface area (Å²) >= 11 is 5.76. The molecule has 1 saturated carbocycles. The predicted octanol–water partition coefficient (Wildman–Crippen LogP) is 2.59. The molecule has 0 radical (unpaired) electrons. The summed E-state index contributed by atoms with van der Waals surface area (Å²) in [7, 11) is 0. The highest BCUT2D eigenvalue weighted by Gasteiger charge is 2.26. The molecule has 1 aliphatic carbocycles. The van der Waals surface area contributed by atoms with Crippen molar-refractivity contribution in [2.24, 2.45) is 0 Å². The first-order chi connectivity index (χ1) is 4.79. The van der Waals surface area contributed by atoms with Gasteiger partial charge in [-0.15, -0.1) is 0 Å². The van der Waals surface area contributed by atoms with Crippen molar-refractivity contribution in [1.29, 1.82) is 0 Å². The fourth-order valence-corrected chi connectivity index (χ4v) is 1.76. The number of halogens is 2. The molecule has 1 aromatic rings. The lowest BCUT2D eigenvalue weighted by molar-refractivity contribution is 0.627. The van der Waals surface area contributed by atoms with Crippen LogP contribution in [-0.2, 0) is 0 Å². The van der Waals surface area contributed by atoms with Gasteiger partial charge in [0.05, 0.1) is 15.8 Å². The molecular weight excluding hydrogens is 307 g/mol. The van der Waals surface area contributed by atoms with Crippen LogP contribution in [0.15, 0.2) is 10.8 Å². The second kappa shape index (κ2) is 2.48. The van der Waals surface area contributed by atoms with Crippen molar-refractivity contribution in [1.82, 2.24) is 9.78 Å². The molecule has 0 bridgehead atoms. The van der Waals surface area contributed by atoms with Crippen molar-refractivity contribution in [3.63, 3.8) is 0 Å². The molecule has 0 N–H and O–H groups in total. The largest absolute Gasteiger partial charge is 0.254 e. The number of nitrogens with zero attached hydrogens (tertiary/aromatic N) is 2. The van der Waals surface area contributed by atoms with Gasteiger partial charge >= 0.3 is 0 Å². The van der Waals surface area contributed by atoms with Crippen LogP contribution >= 0.6 is 38.5 Å². The van der Waals surface area contributed by atoms with Crippen molar-refractivity contribution < 1.29 is 0 Å². The Morgan fingerprint density at radius 2 is 2.40 bits per heavy atom. The molecule has 1 aromatic heterocycles. The minimum Gasteiger partial charge on any atom is -0.254 e. The zero-order valence-electron chi connectivity index (χ0n) is 5.22. The highest BCUT2D eigenvalue weighted by atomic mass is 127. The van der Waals surface area contributed by atoms with Crippen LogP contribution in [0.4, 0.5) is 0 Å². The summed E-state index contributed by atoms with van der Waals surface area (Å²) in [5.41, 5.74) is 0. The van der Waals surface area contributed by atoms with Crippen LogP contribution in [0, 0.1) is 3.57 Å². The second-order valence-corrected chi connectivity index (χ2v) is 4.37. The third-order valence-electron chi connectivity index (χ3n) is 1.59. The highest BCUT2D eigenvalue weighted by Crippen LogP contribution is 2.37. The normalized spacial score (nSPS) is 17.8. The van der Waals surface area contributed by atoms with E-state index in [9.17, 15) is 0 Å². The third-order valence-corrected chi connectivity index (χ3v) is 3.91. The first-order valence-electron chi connectivity index (χ1n) is 3.17. The Morgan fingerprint density at radius 3 is 2.80 bits per heavy atom. The van der Waals surface area contributed by atoms with Gasteiger partial charge in [0.1, 0.15) is 4.60 Å². The fraction of sp³-hybridized carbons (Fsp3) is 0.500. The molecule has 54 valence electrons. The van der Waals surface area contributed by atoms with Gasteiger partial charge in [0.2, 0.25) is 0 Å². The number of aromatic nitrogens is 2. The summed E-state index contributed by atoms with van der Waals surface area (Å²) in [6, 6.07) is 0.679. The van der Waals surface area contributed by atoms with Crippen LogP contribution in [0.3, 0.4) is 0 Å². The van der Waals surface area contributed by atoms with Gasteiger partial charge in [-0.05, 0) is 51.4 Å². The van der Waals surface area contributed by atoms with Gasteiger partial charge in [0, 0.05) is 0 Å². The quantitative estimate of drug-likeness (QED) is 0.729. The summed E-state index contributed by atoms with van der Waals surface area (Å²) in [4.78, 5) is 0. The molecule has 1 aliphatic rings. The Labute approximate surface area is 81.3 Å². The summed E-state index contributed by atoms with van der Waals surface area (Å²) in [6.07, 6.45) is 4.47. The molecule has 0 amide bonds. The van der Waals surface area contributed by atoms with E-state index in [2.05, 4.69) is 48.3 Å². The highest BCUT2D eigenvalue weighted by molar-refractivity contribution is 14.1. The molecule has 2 nitrogen and oxygen atoms in total. The Hall–Kier alpha value is 0.420. The van der Waals surface area contributed by atoms with Crippen LogP contribution in [0.5, 0.6) is 0 Å². The van der Waals surface area contributed by atoms with Crippen molar-refractivity contribution in [2.75, 3.05) is 0 Å². The maximum absolute atomic E-state index is 4.24. The minimum atomic E-state index is 0.679. The van der Waals surface area contributed by atoms with Crippen molar-refractivity contribution in [3.8, 4) is 0 Å². The molecule has 2 rings (SSSR count). The third kappa shape index (κ3) is 1.11. The van der Waals surface area contributed by atoms with Gasteiger partial charge in [-0.2, -0.15) is 5.10 Å². The van der Waals surface area contributed by atoms with Gasteiger partial charge in [-0.25, -0.2) is 0 Å². The van der Waals surface area contributed by atoms with Crippen LogP contribution in [0.2, 0.25) is 0 Å². The number of hydrogen-bond donors (Lipinski definition) is 0. The molecule has 0 unspecified atom stereocenters. The zero-order chi connectivity index (χ0) is 7.14. The smallest absolute Gasteiger partial charge is 0.117 e. The lowest BCUT2D eigenvalue weighted by Crippen LogP contribution is -1.95. The molecule has 1 heterocycles. The van der Waals surface area contributed by atoms with E-state index in [0.29, 0.717) is 6.04 Å². The fourth-order valence-electron chi connectivity index (χ4n) is 0.900. The topological polar surface area (TPSA) is 17.8 Å². The molecule has 10 heavy (non-hydrogen) atoms. The first kappa shape index (κ1) is 7.09. The molecule has 0 aromatic carbocycles. The lowest BCUT2D eigenvalue weighted by Gasteiger charge is -1.97. The molecule has 0 spiro atoms. The SMILES string of the molecule is Brc1c(I)cnn1C1CC1. The predicted molar refractivity (Wildman–Crippen MR) is 50.9 cm³/mol. The standard InChI is InChI=1S/C6H6BrIN2/c7-6-5(8)3-9-10(6)4-1-2-4/h3-4H,1-2H2. The van der Waals surface area contributed by atoms with Gasteiger partial charge < -0.3 is 0 Å². The molecule has 0 atom stereocenters. The van der Waals surface area contributed by atoms with E-state index < -0.39 is 0 Å². The average Bonchev–Trinajstić information content (AvgIpc) is 2.67. The van der Waals surface area contributed by atoms with E-state index in [1.165, 1.54) is 16.4 Å². The van der Waals surface area contributed by atoms with Gasteiger partial charge in [0.25, 0.3) is 0 Å². The maximum Gasteiger partial charge on any atom is 0.117 e. The molecule has 4 heteroatoms. The van der Waals surface area contributed by atoms with Crippen molar-refractivity contribution >= 4 is 38.5 Å². The van der Waals surface area contributed by atoms with E-state index in [0.717, 1.165) is 4.60 Å². The first-order valence-corrected chi connectivity index (χ1v) is 5.04.